The van der Waals surface area contributed by atoms with E-state index < -0.39 is 6.04 Å². The van der Waals surface area contributed by atoms with Gasteiger partial charge in [-0.25, -0.2) is 4.39 Å². The van der Waals surface area contributed by atoms with Crippen molar-refractivity contribution in [2.75, 3.05) is 19.6 Å². The molecule has 0 fully saturated rings. The molecular formula is C14H17FN2O. The van der Waals surface area contributed by atoms with Crippen LogP contribution < -0.4 is 0 Å². The van der Waals surface area contributed by atoms with Crippen molar-refractivity contribution in [2.24, 2.45) is 5.18 Å². The SMILES string of the molecule is C=CCN(CC=C)CC(N=O)c1ccc(F)cc1. The van der Waals surface area contributed by atoms with Crippen LogP contribution in [0.3, 0.4) is 0 Å². The molecule has 0 aliphatic heterocycles. The van der Waals surface area contributed by atoms with E-state index in [0.717, 1.165) is 0 Å². The summed E-state index contributed by atoms with van der Waals surface area (Å²) in [5, 5.41) is 3.11. The van der Waals surface area contributed by atoms with Crippen LogP contribution in [-0.2, 0) is 0 Å². The zero-order valence-corrected chi connectivity index (χ0v) is 10.3. The summed E-state index contributed by atoms with van der Waals surface area (Å²) in [5.41, 5.74) is 0.713. The van der Waals surface area contributed by atoms with Crippen LogP contribution in [0.4, 0.5) is 4.39 Å². The quantitative estimate of drug-likeness (QED) is 0.522. The summed E-state index contributed by atoms with van der Waals surface area (Å²) in [6.45, 7) is 9.10. The van der Waals surface area contributed by atoms with E-state index in [0.29, 0.717) is 25.2 Å². The van der Waals surface area contributed by atoms with Gasteiger partial charge in [0.15, 0.2) is 0 Å². The van der Waals surface area contributed by atoms with Crippen molar-refractivity contribution in [1.29, 1.82) is 0 Å². The Kier molecular flexibility index (Phi) is 5.94. The lowest BCUT2D eigenvalue weighted by Gasteiger charge is -2.21. The van der Waals surface area contributed by atoms with Gasteiger partial charge < -0.3 is 0 Å². The van der Waals surface area contributed by atoms with Crippen molar-refractivity contribution in [3.8, 4) is 0 Å². The highest BCUT2D eigenvalue weighted by atomic mass is 19.1. The smallest absolute Gasteiger partial charge is 0.130 e. The molecule has 4 heteroatoms. The highest BCUT2D eigenvalue weighted by molar-refractivity contribution is 5.20. The fourth-order valence-electron chi connectivity index (χ4n) is 1.72. The average molecular weight is 248 g/mol. The van der Waals surface area contributed by atoms with Crippen molar-refractivity contribution in [3.63, 3.8) is 0 Å². The monoisotopic (exact) mass is 248 g/mol. The zero-order valence-electron chi connectivity index (χ0n) is 10.3. The van der Waals surface area contributed by atoms with E-state index in [1.807, 2.05) is 4.90 Å². The molecule has 0 aliphatic carbocycles. The van der Waals surface area contributed by atoms with E-state index in [1.165, 1.54) is 12.1 Å². The second-order valence-corrected chi connectivity index (χ2v) is 3.97. The molecule has 0 spiro atoms. The van der Waals surface area contributed by atoms with E-state index >= 15 is 0 Å². The first kappa shape index (κ1) is 14.3. The summed E-state index contributed by atoms with van der Waals surface area (Å²) in [7, 11) is 0. The highest BCUT2D eigenvalue weighted by Crippen LogP contribution is 2.19. The van der Waals surface area contributed by atoms with E-state index in [4.69, 9.17) is 0 Å². The third kappa shape index (κ3) is 4.22. The largest absolute Gasteiger partial charge is 0.293 e. The highest BCUT2D eigenvalue weighted by Gasteiger charge is 2.15. The molecule has 96 valence electrons. The number of nitroso groups, excluding NO2 is 1. The molecule has 1 unspecified atom stereocenters. The molecule has 0 aliphatic rings. The maximum atomic E-state index is 12.8. The molecule has 0 saturated carbocycles. The third-order valence-electron chi connectivity index (χ3n) is 2.59. The summed E-state index contributed by atoms with van der Waals surface area (Å²) in [6.07, 6.45) is 3.52. The maximum absolute atomic E-state index is 12.8. The van der Waals surface area contributed by atoms with Crippen LogP contribution >= 0.6 is 0 Å². The predicted octanol–water partition coefficient (Wildman–Crippen LogP) is 3.31. The Morgan fingerprint density at radius 3 is 2.22 bits per heavy atom. The van der Waals surface area contributed by atoms with E-state index in [1.54, 1.807) is 24.3 Å². The van der Waals surface area contributed by atoms with Gasteiger partial charge in [0.25, 0.3) is 0 Å². The summed E-state index contributed by atoms with van der Waals surface area (Å²) in [4.78, 5) is 12.9. The molecule has 0 saturated heterocycles. The molecular weight excluding hydrogens is 231 g/mol. The second-order valence-electron chi connectivity index (χ2n) is 3.97. The average Bonchev–Trinajstić information content (AvgIpc) is 2.37. The molecule has 0 radical (unpaired) electrons. The van der Waals surface area contributed by atoms with Crippen LogP contribution in [0.15, 0.2) is 54.8 Å². The normalized spacial score (nSPS) is 12.1. The Hall–Kier alpha value is -1.81. The molecule has 18 heavy (non-hydrogen) atoms. The zero-order chi connectivity index (χ0) is 13.4. The lowest BCUT2D eigenvalue weighted by Crippen LogP contribution is -2.28. The Bertz CT molecular complexity index is 393. The lowest BCUT2D eigenvalue weighted by molar-refractivity contribution is 0.313. The number of hydrogen-bond donors (Lipinski definition) is 0. The van der Waals surface area contributed by atoms with Gasteiger partial charge in [-0.05, 0) is 17.7 Å². The lowest BCUT2D eigenvalue weighted by atomic mass is 10.1. The molecule has 1 aromatic carbocycles. The van der Waals surface area contributed by atoms with Gasteiger partial charge in [-0.3, -0.25) is 4.90 Å². The Labute approximate surface area is 107 Å². The summed E-state index contributed by atoms with van der Waals surface area (Å²) in [6, 6.07) is 5.33. The van der Waals surface area contributed by atoms with Crippen LogP contribution in [0.5, 0.6) is 0 Å². The van der Waals surface area contributed by atoms with E-state index in [9.17, 15) is 9.30 Å². The van der Waals surface area contributed by atoms with Crippen molar-refractivity contribution in [3.05, 3.63) is 65.9 Å². The summed E-state index contributed by atoms with van der Waals surface area (Å²) in [5.74, 6) is -0.322. The van der Waals surface area contributed by atoms with Gasteiger partial charge in [0.1, 0.15) is 11.9 Å². The Morgan fingerprint density at radius 2 is 1.78 bits per heavy atom. The van der Waals surface area contributed by atoms with Crippen LogP contribution in [0.2, 0.25) is 0 Å². The molecule has 1 atom stereocenters. The number of rotatable bonds is 8. The Balaban J connectivity index is 2.75. The summed E-state index contributed by atoms with van der Waals surface area (Å²) >= 11 is 0. The summed E-state index contributed by atoms with van der Waals surface area (Å²) < 4.78 is 12.8. The number of nitrogens with zero attached hydrogens (tertiary/aromatic N) is 2. The minimum absolute atomic E-state index is 0.322. The molecule has 0 N–H and O–H groups in total. The number of benzene rings is 1. The predicted molar refractivity (Wildman–Crippen MR) is 71.8 cm³/mol. The Morgan fingerprint density at radius 1 is 1.22 bits per heavy atom. The van der Waals surface area contributed by atoms with Crippen molar-refractivity contribution >= 4 is 0 Å². The van der Waals surface area contributed by atoms with Gasteiger partial charge in [-0.15, -0.1) is 13.2 Å². The van der Waals surface area contributed by atoms with Gasteiger partial charge in [0.2, 0.25) is 0 Å². The van der Waals surface area contributed by atoms with E-state index in [2.05, 4.69) is 18.3 Å². The molecule has 0 heterocycles. The minimum Gasteiger partial charge on any atom is -0.293 e. The molecule has 0 bridgehead atoms. The fraction of sp³-hybridized carbons (Fsp3) is 0.286. The molecule has 1 rings (SSSR count). The fourth-order valence-corrected chi connectivity index (χ4v) is 1.72. The van der Waals surface area contributed by atoms with Crippen LogP contribution in [0.1, 0.15) is 11.6 Å². The van der Waals surface area contributed by atoms with E-state index in [-0.39, 0.29) is 5.82 Å². The first-order chi connectivity index (χ1) is 8.71. The molecule has 0 amide bonds. The third-order valence-corrected chi connectivity index (χ3v) is 2.59. The van der Waals surface area contributed by atoms with Crippen molar-refractivity contribution < 1.29 is 4.39 Å². The van der Waals surface area contributed by atoms with Crippen LogP contribution in [0.25, 0.3) is 0 Å². The van der Waals surface area contributed by atoms with Crippen LogP contribution in [-0.4, -0.2) is 24.5 Å². The standard InChI is InChI=1S/C14H17FN2O/c1-3-9-17(10-4-2)11-14(16-18)12-5-7-13(15)8-6-12/h3-8,14H,1-2,9-11H2. The molecule has 0 aromatic heterocycles. The van der Waals surface area contributed by atoms with Gasteiger partial charge in [-0.1, -0.05) is 29.5 Å². The van der Waals surface area contributed by atoms with Crippen molar-refractivity contribution in [2.45, 2.75) is 6.04 Å². The van der Waals surface area contributed by atoms with Gasteiger partial charge in [0.05, 0.1) is 0 Å². The van der Waals surface area contributed by atoms with Gasteiger partial charge >= 0.3 is 0 Å². The second kappa shape index (κ2) is 7.50. The topological polar surface area (TPSA) is 32.7 Å². The van der Waals surface area contributed by atoms with Gasteiger partial charge in [0, 0.05) is 19.6 Å². The first-order valence-corrected chi connectivity index (χ1v) is 5.73. The van der Waals surface area contributed by atoms with Crippen LogP contribution in [0, 0.1) is 10.7 Å². The first-order valence-electron chi connectivity index (χ1n) is 5.73. The molecule has 3 nitrogen and oxygen atoms in total. The maximum Gasteiger partial charge on any atom is 0.130 e. The van der Waals surface area contributed by atoms with Crippen molar-refractivity contribution in [1.82, 2.24) is 4.90 Å². The molecule has 1 aromatic rings. The minimum atomic E-state index is -0.509. The number of hydrogen-bond acceptors (Lipinski definition) is 3. The number of halogens is 1. The van der Waals surface area contributed by atoms with Gasteiger partial charge in [-0.2, -0.15) is 4.91 Å².